The van der Waals surface area contributed by atoms with Crippen molar-refractivity contribution < 1.29 is 9.53 Å². The van der Waals surface area contributed by atoms with Crippen LogP contribution in [0, 0.1) is 5.92 Å². The zero-order valence-electron chi connectivity index (χ0n) is 14.6. The highest BCUT2D eigenvalue weighted by atomic mass is 16.5. The number of carbonyl (C=O) groups excluding carboxylic acids is 1. The van der Waals surface area contributed by atoms with Gasteiger partial charge >= 0.3 is 0 Å². The van der Waals surface area contributed by atoms with Crippen LogP contribution >= 0.6 is 0 Å². The van der Waals surface area contributed by atoms with E-state index in [-0.39, 0.29) is 17.9 Å². The second kappa shape index (κ2) is 8.58. The molecule has 1 aromatic heterocycles. The minimum absolute atomic E-state index is 0.0917. The molecule has 2 saturated heterocycles. The highest BCUT2D eigenvalue weighted by molar-refractivity contribution is 5.79. The van der Waals surface area contributed by atoms with Crippen molar-refractivity contribution in [2.45, 2.75) is 51.1 Å². The van der Waals surface area contributed by atoms with E-state index in [4.69, 9.17) is 4.74 Å². The van der Waals surface area contributed by atoms with Crippen molar-refractivity contribution >= 4 is 5.91 Å². The molecule has 0 radical (unpaired) electrons. The van der Waals surface area contributed by atoms with Gasteiger partial charge in [0, 0.05) is 37.6 Å². The molecule has 5 nitrogen and oxygen atoms in total. The molecule has 24 heavy (non-hydrogen) atoms. The van der Waals surface area contributed by atoms with Gasteiger partial charge in [-0.3, -0.25) is 9.78 Å². The van der Waals surface area contributed by atoms with Crippen LogP contribution in [0.4, 0.5) is 0 Å². The van der Waals surface area contributed by atoms with E-state index in [9.17, 15) is 4.79 Å². The van der Waals surface area contributed by atoms with Gasteiger partial charge in [0.1, 0.15) is 0 Å². The largest absolute Gasteiger partial charge is 0.381 e. The van der Waals surface area contributed by atoms with Crippen LogP contribution < -0.4 is 5.32 Å². The lowest BCUT2D eigenvalue weighted by molar-refractivity contribution is -0.127. The zero-order valence-corrected chi connectivity index (χ0v) is 14.6. The van der Waals surface area contributed by atoms with E-state index >= 15 is 0 Å². The van der Waals surface area contributed by atoms with E-state index in [1.54, 1.807) is 12.4 Å². The van der Waals surface area contributed by atoms with Gasteiger partial charge in [-0.2, -0.15) is 0 Å². The predicted molar refractivity (Wildman–Crippen MR) is 93.5 cm³/mol. The summed E-state index contributed by atoms with van der Waals surface area (Å²) in [4.78, 5) is 19.3. The minimum atomic E-state index is 0.0917. The van der Waals surface area contributed by atoms with Crippen molar-refractivity contribution in [3.63, 3.8) is 0 Å². The molecule has 1 N–H and O–H groups in total. The SMILES string of the molecule is CC[C@H](NC(=O)C1CCN(C2CCOCC2)CC1)c1ccncc1. The first-order valence-corrected chi connectivity index (χ1v) is 9.30. The average molecular weight is 331 g/mol. The van der Waals surface area contributed by atoms with E-state index < -0.39 is 0 Å². The van der Waals surface area contributed by atoms with Crippen LogP contribution in [-0.4, -0.2) is 48.1 Å². The highest BCUT2D eigenvalue weighted by Gasteiger charge is 2.30. The maximum Gasteiger partial charge on any atom is 0.223 e. The summed E-state index contributed by atoms with van der Waals surface area (Å²) >= 11 is 0. The molecule has 2 aliphatic rings. The van der Waals surface area contributed by atoms with Crippen molar-refractivity contribution in [1.82, 2.24) is 15.2 Å². The Labute approximate surface area is 144 Å². The quantitative estimate of drug-likeness (QED) is 0.901. The van der Waals surface area contributed by atoms with E-state index in [0.717, 1.165) is 64.0 Å². The molecule has 3 heterocycles. The number of hydrogen-bond acceptors (Lipinski definition) is 4. The van der Waals surface area contributed by atoms with E-state index in [0.29, 0.717) is 6.04 Å². The molecule has 1 atom stereocenters. The molecular weight excluding hydrogens is 302 g/mol. The van der Waals surface area contributed by atoms with Crippen LogP contribution in [0.5, 0.6) is 0 Å². The lowest BCUT2D eigenvalue weighted by atomic mass is 9.92. The Morgan fingerprint density at radius 2 is 1.92 bits per heavy atom. The fourth-order valence-electron chi connectivity index (χ4n) is 3.88. The van der Waals surface area contributed by atoms with Gasteiger partial charge in [-0.25, -0.2) is 0 Å². The summed E-state index contributed by atoms with van der Waals surface area (Å²) in [7, 11) is 0. The topological polar surface area (TPSA) is 54.5 Å². The molecule has 132 valence electrons. The number of aromatic nitrogens is 1. The second-order valence-electron chi connectivity index (χ2n) is 6.90. The standard InChI is InChI=1S/C19H29N3O2/c1-2-18(15-3-9-20-10-4-15)21-19(23)16-5-11-22(12-6-16)17-7-13-24-14-8-17/h3-4,9-10,16-18H,2,5-8,11-14H2,1H3,(H,21,23)/t18-/m0/s1. The Morgan fingerprint density at radius 3 is 2.54 bits per heavy atom. The first-order valence-electron chi connectivity index (χ1n) is 9.30. The number of carbonyl (C=O) groups is 1. The molecule has 1 amide bonds. The third-order valence-electron chi connectivity index (χ3n) is 5.44. The number of ether oxygens (including phenoxy) is 1. The van der Waals surface area contributed by atoms with Gasteiger partial charge in [0.15, 0.2) is 0 Å². The van der Waals surface area contributed by atoms with Crippen LogP contribution in [-0.2, 0) is 9.53 Å². The molecule has 5 heteroatoms. The minimum Gasteiger partial charge on any atom is -0.381 e. The lowest BCUT2D eigenvalue weighted by Crippen LogP contribution is -2.47. The highest BCUT2D eigenvalue weighted by Crippen LogP contribution is 2.24. The summed E-state index contributed by atoms with van der Waals surface area (Å²) in [5.74, 6) is 0.363. The molecule has 0 saturated carbocycles. The molecule has 3 rings (SSSR count). The summed E-state index contributed by atoms with van der Waals surface area (Å²) < 4.78 is 5.45. The third kappa shape index (κ3) is 4.33. The molecular formula is C19H29N3O2. The Morgan fingerprint density at radius 1 is 1.25 bits per heavy atom. The van der Waals surface area contributed by atoms with E-state index in [1.165, 1.54) is 0 Å². The number of nitrogens with one attached hydrogen (secondary N) is 1. The van der Waals surface area contributed by atoms with Crippen LogP contribution in [0.1, 0.15) is 50.6 Å². The lowest BCUT2D eigenvalue weighted by Gasteiger charge is -2.39. The maximum absolute atomic E-state index is 12.7. The number of amides is 1. The molecule has 1 aromatic rings. The number of nitrogens with zero attached hydrogens (tertiary/aromatic N) is 2. The van der Waals surface area contributed by atoms with Crippen molar-refractivity contribution in [3.05, 3.63) is 30.1 Å². The fraction of sp³-hybridized carbons (Fsp3) is 0.684. The number of rotatable bonds is 5. The fourth-order valence-corrected chi connectivity index (χ4v) is 3.88. The van der Waals surface area contributed by atoms with Crippen LogP contribution in [0.3, 0.4) is 0 Å². The maximum atomic E-state index is 12.7. The molecule has 0 spiro atoms. The van der Waals surface area contributed by atoms with Crippen molar-refractivity contribution in [2.75, 3.05) is 26.3 Å². The number of likely N-dealkylation sites (tertiary alicyclic amines) is 1. The molecule has 0 unspecified atom stereocenters. The summed E-state index contributed by atoms with van der Waals surface area (Å²) in [5.41, 5.74) is 1.14. The monoisotopic (exact) mass is 331 g/mol. The Hall–Kier alpha value is -1.46. The van der Waals surface area contributed by atoms with Crippen LogP contribution in [0.15, 0.2) is 24.5 Å². The smallest absolute Gasteiger partial charge is 0.223 e. The summed E-state index contributed by atoms with van der Waals surface area (Å²) in [6, 6.07) is 4.72. The zero-order chi connectivity index (χ0) is 16.8. The first kappa shape index (κ1) is 17.4. The van der Waals surface area contributed by atoms with Gasteiger partial charge in [-0.05, 0) is 62.9 Å². The van der Waals surface area contributed by atoms with Gasteiger partial charge < -0.3 is 15.0 Å². The number of hydrogen-bond donors (Lipinski definition) is 1. The Kier molecular flexibility index (Phi) is 6.21. The van der Waals surface area contributed by atoms with Crippen molar-refractivity contribution in [1.29, 1.82) is 0 Å². The van der Waals surface area contributed by atoms with Crippen molar-refractivity contribution in [2.24, 2.45) is 5.92 Å². The van der Waals surface area contributed by atoms with Crippen LogP contribution in [0.2, 0.25) is 0 Å². The number of piperidine rings is 1. The third-order valence-corrected chi connectivity index (χ3v) is 5.44. The number of pyridine rings is 1. The molecule has 0 bridgehead atoms. The molecule has 2 aliphatic heterocycles. The van der Waals surface area contributed by atoms with Gasteiger partial charge in [0.2, 0.25) is 5.91 Å². The van der Waals surface area contributed by atoms with Gasteiger partial charge in [-0.15, -0.1) is 0 Å². The van der Waals surface area contributed by atoms with Crippen molar-refractivity contribution in [3.8, 4) is 0 Å². The van der Waals surface area contributed by atoms with Crippen LogP contribution in [0.25, 0.3) is 0 Å². The molecule has 0 aromatic carbocycles. The van der Waals surface area contributed by atoms with Gasteiger partial charge in [0.25, 0.3) is 0 Å². The average Bonchev–Trinajstić information content (AvgIpc) is 2.67. The molecule has 2 fully saturated rings. The summed E-state index contributed by atoms with van der Waals surface area (Å²) in [6.07, 6.45) is 8.68. The van der Waals surface area contributed by atoms with E-state index in [2.05, 4.69) is 22.1 Å². The summed E-state index contributed by atoms with van der Waals surface area (Å²) in [5, 5.41) is 3.24. The predicted octanol–water partition coefficient (Wildman–Crippen LogP) is 2.54. The molecule has 0 aliphatic carbocycles. The van der Waals surface area contributed by atoms with Gasteiger partial charge in [0.05, 0.1) is 6.04 Å². The van der Waals surface area contributed by atoms with Gasteiger partial charge in [-0.1, -0.05) is 6.92 Å². The Bertz CT molecular complexity index is 509. The van der Waals surface area contributed by atoms with E-state index in [1.807, 2.05) is 12.1 Å². The second-order valence-corrected chi connectivity index (χ2v) is 6.90. The Balaban J connectivity index is 1.49. The summed E-state index contributed by atoms with van der Waals surface area (Å²) in [6.45, 7) is 5.95. The normalized spacial score (nSPS) is 22.2. The first-order chi connectivity index (χ1) is 11.8.